The summed E-state index contributed by atoms with van der Waals surface area (Å²) in [7, 11) is 0. The fraction of sp³-hybridized carbons (Fsp3) is 0.389. The van der Waals surface area contributed by atoms with Crippen molar-refractivity contribution in [2.24, 2.45) is 0 Å². The molecule has 20 heavy (non-hydrogen) atoms. The largest absolute Gasteiger partial charge is 0.324 e. The van der Waals surface area contributed by atoms with Crippen molar-refractivity contribution in [2.75, 3.05) is 0 Å². The number of allylic oxidation sites excluding steroid dienone is 4. The summed E-state index contributed by atoms with van der Waals surface area (Å²) in [6, 6.07) is 8.33. The molecule has 2 nitrogen and oxygen atoms in total. The van der Waals surface area contributed by atoms with Crippen molar-refractivity contribution in [3.05, 3.63) is 53.4 Å². The first-order valence-corrected chi connectivity index (χ1v) is 7.29. The zero-order chi connectivity index (χ0) is 14.5. The van der Waals surface area contributed by atoms with Crippen LogP contribution in [0, 0.1) is 6.92 Å². The molecule has 106 valence electrons. The Bertz CT molecular complexity index is 640. The summed E-state index contributed by atoms with van der Waals surface area (Å²) in [4.78, 5) is 4.60. The number of hydrogen-bond donors (Lipinski definition) is 0. The lowest BCUT2D eigenvalue weighted by Gasteiger charge is -2.05. The molecule has 0 saturated carbocycles. The SMILES string of the molecule is CC(C)=CCC/C(C)=C/Cn1c(C)nc2ccccc21. The molecule has 1 aromatic heterocycles. The number of rotatable bonds is 5. The van der Waals surface area contributed by atoms with Crippen molar-refractivity contribution in [2.45, 2.75) is 47.1 Å². The lowest BCUT2D eigenvalue weighted by molar-refractivity contribution is 0.794. The minimum absolute atomic E-state index is 0.910. The van der Waals surface area contributed by atoms with Gasteiger partial charge in [-0.15, -0.1) is 0 Å². The molecule has 0 radical (unpaired) electrons. The van der Waals surface area contributed by atoms with Gasteiger partial charge in [-0.05, 0) is 52.7 Å². The molecule has 0 N–H and O–H groups in total. The Morgan fingerprint density at radius 2 is 1.90 bits per heavy atom. The van der Waals surface area contributed by atoms with E-state index < -0.39 is 0 Å². The van der Waals surface area contributed by atoms with Crippen molar-refractivity contribution >= 4 is 11.0 Å². The normalized spacial score (nSPS) is 11.9. The van der Waals surface area contributed by atoms with E-state index in [0.717, 1.165) is 30.7 Å². The summed E-state index contributed by atoms with van der Waals surface area (Å²) in [5.74, 6) is 1.08. The molecule has 1 aromatic carbocycles. The monoisotopic (exact) mass is 268 g/mol. The van der Waals surface area contributed by atoms with Gasteiger partial charge >= 0.3 is 0 Å². The molecule has 0 aliphatic carbocycles. The lowest BCUT2D eigenvalue weighted by Crippen LogP contribution is -1.98. The highest BCUT2D eigenvalue weighted by Crippen LogP contribution is 2.16. The number of aryl methyl sites for hydroxylation is 1. The van der Waals surface area contributed by atoms with E-state index in [2.05, 4.69) is 67.6 Å². The predicted molar refractivity (Wildman–Crippen MR) is 86.9 cm³/mol. The summed E-state index contributed by atoms with van der Waals surface area (Å²) in [5, 5.41) is 0. The zero-order valence-electron chi connectivity index (χ0n) is 13.0. The molecule has 0 spiro atoms. The van der Waals surface area contributed by atoms with E-state index in [4.69, 9.17) is 0 Å². The third-order valence-corrected chi connectivity index (χ3v) is 3.56. The van der Waals surface area contributed by atoms with E-state index in [1.54, 1.807) is 0 Å². The van der Waals surface area contributed by atoms with Gasteiger partial charge in [-0.2, -0.15) is 0 Å². The van der Waals surface area contributed by atoms with Gasteiger partial charge < -0.3 is 4.57 Å². The van der Waals surface area contributed by atoms with Crippen LogP contribution in [0.5, 0.6) is 0 Å². The molecule has 2 heteroatoms. The van der Waals surface area contributed by atoms with E-state index in [9.17, 15) is 0 Å². The minimum atomic E-state index is 0.910. The van der Waals surface area contributed by atoms with E-state index in [0.29, 0.717) is 0 Å². The number of fused-ring (bicyclic) bond motifs is 1. The molecule has 0 unspecified atom stereocenters. The first-order valence-electron chi connectivity index (χ1n) is 7.29. The van der Waals surface area contributed by atoms with E-state index in [1.165, 1.54) is 16.7 Å². The summed E-state index contributed by atoms with van der Waals surface area (Å²) in [5.41, 5.74) is 5.15. The highest BCUT2D eigenvalue weighted by molar-refractivity contribution is 5.75. The standard InChI is InChI=1S/C18H24N2/c1-14(2)8-7-9-15(3)12-13-20-16(4)19-17-10-5-6-11-18(17)20/h5-6,8,10-12H,7,9,13H2,1-4H3/b15-12+. The van der Waals surface area contributed by atoms with Crippen molar-refractivity contribution < 1.29 is 0 Å². The second-order valence-electron chi connectivity index (χ2n) is 5.63. The maximum atomic E-state index is 4.60. The van der Waals surface area contributed by atoms with Gasteiger partial charge in [0, 0.05) is 6.54 Å². The maximum absolute atomic E-state index is 4.60. The zero-order valence-corrected chi connectivity index (χ0v) is 13.0. The van der Waals surface area contributed by atoms with Crippen LogP contribution in [-0.2, 0) is 6.54 Å². The third kappa shape index (κ3) is 3.60. The van der Waals surface area contributed by atoms with Crippen LogP contribution in [0.15, 0.2) is 47.6 Å². The van der Waals surface area contributed by atoms with Gasteiger partial charge in [-0.25, -0.2) is 4.98 Å². The van der Waals surface area contributed by atoms with Crippen molar-refractivity contribution in [1.29, 1.82) is 0 Å². The third-order valence-electron chi connectivity index (χ3n) is 3.56. The van der Waals surface area contributed by atoms with Crippen LogP contribution in [0.3, 0.4) is 0 Å². The minimum Gasteiger partial charge on any atom is -0.324 e. The van der Waals surface area contributed by atoms with Gasteiger partial charge in [-0.3, -0.25) is 0 Å². The first-order chi connectivity index (χ1) is 9.58. The molecule has 0 atom stereocenters. The highest BCUT2D eigenvalue weighted by Gasteiger charge is 2.04. The van der Waals surface area contributed by atoms with Crippen LogP contribution in [0.1, 0.15) is 39.4 Å². The Kier molecular flexibility index (Phi) is 4.78. The van der Waals surface area contributed by atoms with Gasteiger partial charge in [0.05, 0.1) is 11.0 Å². The summed E-state index contributed by atoms with van der Waals surface area (Å²) < 4.78 is 2.28. The van der Waals surface area contributed by atoms with Crippen molar-refractivity contribution in [3.63, 3.8) is 0 Å². The number of aromatic nitrogens is 2. The molecule has 0 saturated heterocycles. The Morgan fingerprint density at radius 3 is 2.65 bits per heavy atom. The molecule has 1 heterocycles. The fourth-order valence-electron chi connectivity index (χ4n) is 2.36. The Hall–Kier alpha value is -1.83. The van der Waals surface area contributed by atoms with Crippen LogP contribution in [0.2, 0.25) is 0 Å². The molecular weight excluding hydrogens is 244 g/mol. The van der Waals surface area contributed by atoms with Gasteiger partial charge in [0.15, 0.2) is 0 Å². The first kappa shape index (κ1) is 14.6. The van der Waals surface area contributed by atoms with Gasteiger partial charge in [-0.1, -0.05) is 35.4 Å². The van der Waals surface area contributed by atoms with Crippen molar-refractivity contribution in [1.82, 2.24) is 9.55 Å². The number of para-hydroxylation sites is 2. The molecule has 0 aliphatic heterocycles. The number of imidazole rings is 1. The van der Waals surface area contributed by atoms with Crippen molar-refractivity contribution in [3.8, 4) is 0 Å². The molecule has 2 aromatic rings. The summed E-state index contributed by atoms with van der Waals surface area (Å²) in [6.45, 7) is 9.51. The quantitative estimate of drug-likeness (QED) is 0.695. The average molecular weight is 268 g/mol. The lowest BCUT2D eigenvalue weighted by atomic mass is 10.1. The molecular formula is C18H24N2. The second kappa shape index (κ2) is 6.56. The molecule has 0 aliphatic rings. The second-order valence-corrected chi connectivity index (χ2v) is 5.63. The van der Waals surface area contributed by atoms with E-state index >= 15 is 0 Å². The summed E-state index contributed by atoms with van der Waals surface area (Å²) >= 11 is 0. The number of nitrogens with zero attached hydrogens (tertiary/aromatic N) is 2. The molecule has 0 bridgehead atoms. The Morgan fingerprint density at radius 1 is 1.15 bits per heavy atom. The number of hydrogen-bond acceptors (Lipinski definition) is 1. The average Bonchev–Trinajstić information content (AvgIpc) is 2.71. The topological polar surface area (TPSA) is 17.8 Å². The van der Waals surface area contributed by atoms with Crippen LogP contribution in [-0.4, -0.2) is 9.55 Å². The van der Waals surface area contributed by atoms with Crippen LogP contribution in [0.25, 0.3) is 11.0 Å². The van der Waals surface area contributed by atoms with Gasteiger partial charge in [0.1, 0.15) is 5.82 Å². The van der Waals surface area contributed by atoms with E-state index in [-0.39, 0.29) is 0 Å². The number of benzene rings is 1. The van der Waals surface area contributed by atoms with Gasteiger partial charge in [0.25, 0.3) is 0 Å². The molecule has 0 fully saturated rings. The van der Waals surface area contributed by atoms with Crippen LogP contribution in [0.4, 0.5) is 0 Å². The van der Waals surface area contributed by atoms with Gasteiger partial charge in [0.2, 0.25) is 0 Å². The molecule has 2 rings (SSSR count). The molecule has 0 amide bonds. The van der Waals surface area contributed by atoms with E-state index in [1.807, 2.05) is 6.07 Å². The Balaban J connectivity index is 2.08. The highest BCUT2D eigenvalue weighted by atomic mass is 15.1. The predicted octanol–water partition coefficient (Wildman–Crippen LogP) is 5.04. The summed E-state index contributed by atoms with van der Waals surface area (Å²) in [6.07, 6.45) is 6.89. The fourth-order valence-corrected chi connectivity index (χ4v) is 2.36. The maximum Gasteiger partial charge on any atom is 0.107 e. The smallest absolute Gasteiger partial charge is 0.107 e. The van der Waals surface area contributed by atoms with Crippen LogP contribution < -0.4 is 0 Å². The van der Waals surface area contributed by atoms with Crippen LogP contribution >= 0.6 is 0 Å². The Labute approximate surface area is 121 Å².